The highest BCUT2D eigenvalue weighted by molar-refractivity contribution is 6.00. The molecule has 1 aliphatic rings. The van der Waals surface area contributed by atoms with E-state index in [2.05, 4.69) is 5.32 Å². The van der Waals surface area contributed by atoms with E-state index < -0.39 is 37.0 Å². The fourth-order valence-electron chi connectivity index (χ4n) is 3.68. The molecule has 0 heterocycles. The fraction of sp³-hybridized carbons (Fsp3) is 0.500. The number of carboxylic acid groups (broad SMARTS) is 2. The van der Waals surface area contributed by atoms with E-state index in [1.54, 1.807) is 0 Å². The molecule has 0 bridgehead atoms. The van der Waals surface area contributed by atoms with Gasteiger partial charge in [0.25, 0.3) is 0 Å². The van der Waals surface area contributed by atoms with E-state index in [0.29, 0.717) is 25.7 Å². The van der Waals surface area contributed by atoms with Crippen LogP contribution in [-0.2, 0) is 19.2 Å². The first kappa shape index (κ1) is 25.8. The molecule has 11 heteroatoms. The van der Waals surface area contributed by atoms with Gasteiger partial charge in [-0.05, 0) is 56.7 Å². The second-order valence-corrected chi connectivity index (χ2v) is 7.92. The molecule has 0 aromatic heterocycles. The standard InChI is InChI=1S/C22H28N2O9/c1-12(25)21(23)13-2-4-14(5-3-13)22(31)24-9-16(26)15-6-7-17(32-10-19(27)28)18(8-15)33-11-20(29)30/h6-8,13-14,21H,2-5,9-11,23H2,1H3,(H,24,31)(H,27,28)(H,29,30). The van der Waals surface area contributed by atoms with Gasteiger partial charge in [0.2, 0.25) is 5.91 Å². The van der Waals surface area contributed by atoms with E-state index in [1.807, 2.05) is 0 Å². The molecule has 1 atom stereocenters. The van der Waals surface area contributed by atoms with Crippen LogP contribution in [0.2, 0.25) is 0 Å². The Balaban J connectivity index is 1.95. The largest absolute Gasteiger partial charge is 0.479 e. The molecule has 1 aliphatic carbocycles. The molecular formula is C22H28N2O9. The van der Waals surface area contributed by atoms with E-state index in [4.69, 9.17) is 25.4 Å². The highest BCUT2D eigenvalue weighted by Crippen LogP contribution is 2.31. The molecule has 2 rings (SSSR count). The minimum atomic E-state index is -1.26. The number of carbonyl (C=O) groups is 5. The molecule has 1 aromatic rings. The number of nitrogens with one attached hydrogen (secondary N) is 1. The predicted octanol–water partition coefficient (Wildman–Crippen LogP) is 0.635. The van der Waals surface area contributed by atoms with Crippen molar-refractivity contribution in [3.05, 3.63) is 23.8 Å². The lowest BCUT2D eigenvalue weighted by Crippen LogP contribution is -2.41. The van der Waals surface area contributed by atoms with E-state index in [1.165, 1.54) is 25.1 Å². The zero-order valence-electron chi connectivity index (χ0n) is 18.2. The van der Waals surface area contributed by atoms with Gasteiger partial charge in [0, 0.05) is 11.5 Å². The third-order valence-corrected chi connectivity index (χ3v) is 5.51. The number of aliphatic carboxylic acids is 2. The molecule has 1 aromatic carbocycles. The summed E-state index contributed by atoms with van der Waals surface area (Å²) in [7, 11) is 0. The molecule has 1 unspecified atom stereocenters. The molecule has 0 aliphatic heterocycles. The molecule has 5 N–H and O–H groups in total. The average Bonchev–Trinajstić information content (AvgIpc) is 2.79. The van der Waals surface area contributed by atoms with Gasteiger partial charge in [-0.3, -0.25) is 14.4 Å². The number of rotatable bonds is 12. The van der Waals surface area contributed by atoms with Gasteiger partial charge in [-0.25, -0.2) is 9.59 Å². The van der Waals surface area contributed by atoms with Crippen LogP contribution in [0.25, 0.3) is 0 Å². The van der Waals surface area contributed by atoms with Gasteiger partial charge in [-0.2, -0.15) is 0 Å². The minimum absolute atomic E-state index is 0.0280. The summed E-state index contributed by atoms with van der Waals surface area (Å²) in [5.74, 6) is -3.62. The van der Waals surface area contributed by atoms with Gasteiger partial charge in [0.05, 0.1) is 12.6 Å². The van der Waals surface area contributed by atoms with Crippen molar-refractivity contribution in [2.24, 2.45) is 17.6 Å². The van der Waals surface area contributed by atoms with Crippen molar-refractivity contribution in [2.75, 3.05) is 19.8 Å². The van der Waals surface area contributed by atoms with Crippen LogP contribution in [0.15, 0.2) is 18.2 Å². The number of carbonyl (C=O) groups excluding carboxylic acids is 3. The van der Waals surface area contributed by atoms with Crippen molar-refractivity contribution in [3.63, 3.8) is 0 Å². The number of hydrogen-bond donors (Lipinski definition) is 4. The molecule has 33 heavy (non-hydrogen) atoms. The Kier molecular flexibility index (Phi) is 9.34. The highest BCUT2D eigenvalue weighted by atomic mass is 16.5. The smallest absolute Gasteiger partial charge is 0.341 e. The molecule has 11 nitrogen and oxygen atoms in total. The Morgan fingerprint density at radius 3 is 2.12 bits per heavy atom. The van der Waals surface area contributed by atoms with Crippen molar-refractivity contribution in [2.45, 2.75) is 38.6 Å². The molecule has 1 saturated carbocycles. The maximum absolute atomic E-state index is 12.5. The number of benzene rings is 1. The first-order valence-electron chi connectivity index (χ1n) is 10.5. The van der Waals surface area contributed by atoms with Crippen LogP contribution < -0.4 is 20.5 Å². The quantitative estimate of drug-likeness (QED) is 0.320. The number of nitrogens with two attached hydrogens (primary N) is 1. The lowest BCUT2D eigenvalue weighted by Gasteiger charge is -2.30. The SMILES string of the molecule is CC(=O)C(N)C1CCC(C(=O)NCC(=O)c2ccc(OCC(=O)O)c(OCC(=O)O)c2)CC1. The minimum Gasteiger partial charge on any atom is -0.479 e. The first-order valence-corrected chi connectivity index (χ1v) is 10.5. The van der Waals surface area contributed by atoms with Gasteiger partial charge in [-0.15, -0.1) is 0 Å². The lowest BCUT2D eigenvalue weighted by atomic mass is 9.77. The van der Waals surface area contributed by atoms with Crippen molar-refractivity contribution >= 4 is 29.4 Å². The molecule has 1 fully saturated rings. The normalized spacial score (nSPS) is 18.6. The monoisotopic (exact) mass is 464 g/mol. The Hall–Kier alpha value is -3.47. The van der Waals surface area contributed by atoms with Crippen LogP contribution in [0.1, 0.15) is 43.0 Å². The number of hydrogen-bond acceptors (Lipinski definition) is 8. The summed E-state index contributed by atoms with van der Waals surface area (Å²) in [6.45, 7) is -0.211. The van der Waals surface area contributed by atoms with Crippen molar-refractivity contribution in [3.8, 4) is 11.5 Å². The molecular weight excluding hydrogens is 436 g/mol. The van der Waals surface area contributed by atoms with Gasteiger partial charge in [0.1, 0.15) is 5.78 Å². The Bertz CT molecular complexity index is 907. The van der Waals surface area contributed by atoms with Crippen LogP contribution >= 0.6 is 0 Å². The summed E-state index contributed by atoms with van der Waals surface area (Å²) in [4.78, 5) is 57.9. The number of carboxylic acids is 2. The predicted molar refractivity (Wildman–Crippen MR) is 114 cm³/mol. The van der Waals surface area contributed by atoms with Gasteiger partial charge in [0.15, 0.2) is 30.5 Å². The van der Waals surface area contributed by atoms with Crippen LogP contribution in [0, 0.1) is 11.8 Å². The third kappa shape index (κ3) is 7.86. The van der Waals surface area contributed by atoms with Crippen LogP contribution in [0.5, 0.6) is 11.5 Å². The van der Waals surface area contributed by atoms with E-state index >= 15 is 0 Å². The molecule has 0 radical (unpaired) electrons. The summed E-state index contributed by atoms with van der Waals surface area (Å²) in [5, 5.41) is 20.2. The topological polar surface area (TPSA) is 182 Å². The zero-order chi connectivity index (χ0) is 24.5. The number of Topliss-reactive ketones (excluding diaryl/α,β-unsaturated/α-hetero) is 2. The van der Waals surface area contributed by atoms with Crippen molar-refractivity contribution < 1.29 is 43.7 Å². The Labute approximate surface area is 190 Å². The maximum Gasteiger partial charge on any atom is 0.341 e. The maximum atomic E-state index is 12.5. The lowest BCUT2D eigenvalue weighted by molar-refractivity contribution is -0.140. The van der Waals surface area contributed by atoms with Gasteiger partial charge in [-0.1, -0.05) is 0 Å². The molecule has 0 saturated heterocycles. The summed E-state index contributed by atoms with van der Waals surface area (Å²) >= 11 is 0. The van der Waals surface area contributed by atoms with E-state index in [9.17, 15) is 24.0 Å². The summed E-state index contributed by atoms with van der Waals surface area (Å²) < 4.78 is 10.2. The van der Waals surface area contributed by atoms with Crippen LogP contribution in [0.4, 0.5) is 0 Å². The van der Waals surface area contributed by atoms with E-state index in [-0.39, 0.29) is 47.1 Å². The highest BCUT2D eigenvalue weighted by Gasteiger charge is 2.31. The van der Waals surface area contributed by atoms with Crippen molar-refractivity contribution in [1.82, 2.24) is 5.32 Å². The summed E-state index contributed by atoms with van der Waals surface area (Å²) in [6, 6.07) is 3.39. The second-order valence-electron chi connectivity index (χ2n) is 7.92. The van der Waals surface area contributed by atoms with E-state index in [0.717, 1.165) is 0 Å². The number of ether oxygens (including phenoxy) is 2. The Morgan fingerprint density at radius 2 is 1.58 bits per heavy atom. The first-order chi connectivity index (χ1) is 15.6. The molecule has 0 spiro atoms. The summed E-state index contributed by atoms with van der Waals surface area (Å²) in [6.07, 6.45) is 2.48. The van der Waals surface area contributed by atoms with Crippen molar-refractivity contribution in [1.29, 1.82) is 0 Å². The number of amides is 1. The summed E-state index contributed by atoms with van der Waals surface area (Å²) in [5.41, 5.74) is 6.03. The second kappa shape index (κ2) is 12.0. The van der Waals surface area contributed by atoms with Gasteiger partial charge < -0.3 is 30.7 Å². The molecule has 1 amide bonds. The Morgan fingerprint density at radius 1 is 1.00 bits per heavy atom. The average molecular weight is 464 g/mol. The van der Waals surface area contributed by atoms with Gasteiger partial charge >= 0.3 is 11.9 Å². The third-order valence-electron chi connectivity index (χ3n) is 5.51. The fourth-order valence-corrected chi connectivity index (χ4v) is 3.68. The number of ketones is 2. The zero-order valence-corrected chi connectivity index (χ0v) is 18.2. The van der Waals surface area contributed by atoms with Crippen LogP contribution in [0.3, 0.4) is 0 Å². The molecule has 180 valence electrons. The van der Waals surface area contributed by atoms with Crippen LogP contribution in [-0.4, -0.2) is 65.4 Å².